The Morgan fingerprint density at radius 3 is 2.45 bits per heavy atom. The first-order chi connectivity index (χ1) is 14.8. The molecule has 1 saturated heterocycles. The van der Waals surface area contributed by atoms with Crippen LogP contribution in [0, 0.1) is 11.6 Å². The Kier molecular flexibility index (Phi) is 5.01. The van der Waals surface area contributed by atoms with Gasteiger partial charge in [0.25, 0.3) is 0 Å². The van der Waals surface area contributed by atoms with Gasteiger partial charge in [-0.25, -0.2) is 17.2 Å². The van der Waals surface area contributed by atoms with Crippen molar-refractivity contribution in [1.82, 2.24) is 9.47 Å². The van der Waals surface area contributed by atoms with Gasteiger partial charge < -0.3 is 9.88 Å². The number of anilines is 2. The normalized spacial score (nSPS) is 19.5. The minimum absolute atomic E-state index is 0.277. The highest BCUT2D eigenvalue weighted by atomic mass is 32.2. The molecule has 3 aromatic rings. The summed E-state index contributed by atoms with van der Waals surface area (Å²) in [6.45, 7) is 1.73. The summed E-state index contributed by atoms with van der Waals surface area (Å²) in [7, 11) is -0.800. The largest absolute Gasteiger partial charge is 0.355 e. The SMILES string of the molecule is Cn1c2c(c3cc(Nc4ccc(F)c(F)c4)ccc31)CN(C1CCS(=O)(=O)CC1)CC2. The number of halogens is 2. The van der Waals surface area contributed by atoms with Crippen LogP contribution >= 0.6 is 0 Å². The van der Waals surface area contributed by atoms with Gasteiger partial charge in [-0.1, -0.05) is 0 Å². The Hall–Kier alpha value is -2.45. The van der Waals surface area contributed by atoms with Crippen LogP contribution in [-0.2, 0) is 29.9 Å². The molecule has 2 aromatic carbocycles. The molecule has 0 bridgehead atoms. The monoisotopic (exact) mass is 445 g/mol. The van der Waals surface area contributed by atoms with Crippen molar-refractivity contribution in [1.29, 1.82) is 0 Å². The molecule has 2 aliphatic rings. The lowest BCUT2D eigenvalue weighted by molar-refractivity contribution is 0.166. The molecule has 164 valence electrons. The van der Waals surface area contributed by atoms with E-state index in [0.29, 0.717) is 24.6 Å². The highest BCUT2D eigenvalue weighted by Crippen LogP contribution is 2.34. The fourth-order valence-corrected chi connectivity index (χ4v) is 6.44. The average molecular weight is 446 g/mol. The summed E-state index contributed by atoms with van der Waals surface area (Å²) in [4.78, 5) is 2.42. The van der Waals surface area contributed by atoms with E-state index in [1.807, 2.05) is 12.1 Å². The minimum Gasteiger partial charge on any atom is -0.355 e. The summed E-state index contributed by atoms with van der Waals surface area (Å²) in [6, 6.07) is 10.1. The molecule has 0 atom stereocenters. The molecule has 31 heavy (non-hydrogen) atoms. The fraction of sp³-hybridized carbons (Fsp3) is 0.391. The molecule has 8 heteroatoms. The van der Waals surface area contributed by atoms with Gasteiger partial charge in [0.1, 0.15) is 9.84 Å². The van der Waals surface area contributed by atoms with Crippen LogP contribution in [0.3, 0.4) is 0 Å². The summed E-state index contributed by atoms with van der Waals surface area (Å²) in [6.07, 6.45) is 2.33. The van der Waals surface area contributed by atoms with Crippen LogP contribution in [0.5, 0.6) is 0 Å². The van der Waals surface area contributed by atoms with Crippen LogP contribution in [-0.4, -0.2) is 42.0 Å². The molecular formula is C23H25F2N3O2S. The van der Waals surface area contributed by atoms with E-state index in [-0.39, 0.29) is 11.5 Å². The number of benzene rings is 2. The Bertz CT molecular complexity index is 1260. The van der Waals surface area contributed by atoms with Gasteiger partial charge in [-0.3, -0.25) is 4.90 Å². The molecule has 0 unspecified atom stereocenters. The lowest BCUT2D eigenvalue weighted by Gasteiger charge is -2.37. The van der Waals surface area contributed by atoms with E-state index in [0.717, 1.165) is 48.2 Å². The van der Waals surface area contributed by atoms with Gasteiger partial charge in [-0.2, -0.15) is 0 Å². The van der Waals surface area contributed by atoms with Gasteiger partial charge in [-0.15, -0.1) is 0 Å². The van der Waals surface area contributed by atoms with E-state index in [2.05, 4.69) is 27.9 Å². The molecule has 0 amide bonds. The number of rotatable bonds is 3. The van der Waals surface area contributed by atoms with E-state index in [1.165, 1.54) is 17.3 Å². The highest BCUT2D eigenvalue weighted by molar-refractivity contribution is 7.91. The summed E-state index contributed by atoms with van der Waals surface area (Å²) >= 11 is 0. The second kappa shape index (κ2) is 7.60. The number of aryl methyl sites for hydroxylation is 1. The quantitative estimate of drug-likeness (QED) is 0.659. The number of nitrogens with one attached hydrogen (secondary N) is 1. The first-order valence-corrected chi connectivity index (χ1v) is 12.4. The standard InChI is InChI=1S/C23H25F2N3O2S/c1-27-22-5-3-15(26-16-2-4-20(24)21(25)13-16)12-18(22)19-14-28(9-6-23(19)27)17-7-10-31(29,30)11-8-17/h2-5,12-13,17,26H,6-11,14H2,1H3. The van der Waals surface area contributed by atoms with Crippen molar-refractivity contribution in [3.63, 3.8) is 0 Å². The molecule has 0 saturated carbocycles. The second-order valence-corrected chi connectivity index (χ2v) is 10.9. The van der Waals surface area contributed by atoms with Crippen molar-refractivity contribution in [3.05, 3.63) is 59.3 Å². The van der Waals surface area contributed by atoms with Crippen LogP contribution in [0.15, 0.2) is 36.4 Å². The van der Waals surface area contributed by atoms with Crippen LogP contribution in [0.4, 0.5) is 20.2 Å². The number of fused-ring (bicyclic) bond motifs is 3. The average Bonchev–Trinajstić information content (AvgIpc) is 3.02. The van der Waals surface area contributed by atoms with Crippen molar-refractivity contribution in [3.8, 4) is 0 Å². The zero-order valence-electron chi connectivity index (χ0n) is 17.4. The first-order valence-electron chi connectivity index (χ1n) is 10.6. The molecule has 3 heterocycles. The zero-order chi connectivity index (χ0) is 21.8. The molecule has 1 aromatic heterocycles. The Labute approximate surface area is 180 Å². The molecule has 0 spiro atoms. The summed E-state index contributed by atoms with van der Waals surface area (Å²) in [5.74, 6) is -1.19. The van der Waals surface area contributed by atoms with E-state index < -0.39 is 21.5 Å². The fourth-order valence-electron chi connectivity index (χ4n) is 4.97. The van der Waals surface area contributed by atoms with Gasteiger partial charge in [0, 0.05) is 66.6 Å². The van der Waals surface area contributed by atoms with Crippen molar-refractivity contribution >= 4 is 32.1 Å². The summed E-state index contributed by atoms with van der Waals surface area (Å²) < 4.78 is 52.6. The summed E-state index contributed by atoms with van der Waals surface area (Å²) in [5, 5.41) is 4.30. The van der Waals surface area contributed by atoms with Crippen LogP contribution < -0.4 is 5.32 Å². The molecule has 2 aliphatic heterocycles. The third kappa shape index (κ3) is 3.83. The Morgan fingerprint density at radius 1 is 1.00 bits per heavy atom. The molecule has 5 rings (SSSR count). The van der Waals surface area contributed by atoms with Crippen LogP contribution in [0.2, 0.25) is 0 Å². The van der Waals surface area contributed by atoms with Crippen molar-refractivity contribution < 1.29 is 17.2 Å². The van der Waals surface area contributed by atoms with Gasteiger partial charge in [0.15, 0.2) is 11.6 Å². The van der Waals surface area contributed by atoms with Gasteiger partial charge in [0.2, 0.25) is 0 Å². The number of sulfone groups is 1. The molecule has 1 fully saturated rings. The predicted octanol–water partition coefficient (Wildman–Crippen LogP) is 4.14. The van der Waals surface area contributed by atoms with E-state index in [1.54, 1.807) is 0 Å². The third-order valence-corrected chi connectivity index (χ3v) is 8.40. The summed E-state index contributed by atoms with van der Waals surface area (Å²) in [5.41, 5.74) is 5.01. The van der Waals surface area contributed by atoms with Gasteiger partial charge in [0.05, 0.1) is 11.5 Å². The molecule has 0 radical (unpaired) electrons. The van der Waals surface area contributed by atoms with Crippen LogP contribution in [0.25, 0.3) is 10.9 Å². The van der Waals surface area contributed by atoms with Crippen LogP contribution in [0.1, 0.15) is 24.1 Å². The van der Waals surface area contributed by atoms with Crippen molar-refractivity contribution in [2.75, 3.05) is 23.4 Å². The lowest BCUT2D eigenvalue weighted by atomic mass is 10.0. The van der Waals surface area contributed by atoms with Gasteiger partial charge in [-0.05, 0) is 48.7 Å². The third-order valence-electron chi connectivity index (χ3n) is 6.68. The lowest BCUT2D eigenvalue weighted by Crippen LogP contribution is -2.43. The Balaban J connectivity index is 1.44. The minimum atomic E-state index is -2.88. The second-order valence-electron chi connectivity index (χ2n) is 8.57. The smallest absolute Gasteiger partial charge is 0.160 e. The molecule has 0 aliphatic carbocycles. The number of aromatic nitrogens is 1. The number of hydrogen-bond donors (Lipinski definition) is 1. The predicted molar refractivity (Wildman–Crippen MR) is 118 cm³/mol. The number of hydrogen-bond acceptors (Lipinski definition) is 4. The van der Waals surface area contributed by atoms with Gasteiger partial charge >= 0.3 is 0 Å². The topological polar surface area (TPSA) is 54.3 Å². The zero-order valence-corrected chi connectivity index (χ0v) is 18.2. The maximum atomic E-state index is 13.6. The maximum absolute atomic E-state index is 13.6. The molecule has 5 nitrogen and oxygen atoms in total. The maximum Gasteiger partial charge on any atom is 0.160 e. The first kappa shape index (κ1) is 20.5. The van der Waals surface area contributed by atoms with E-state index in [9.17, 15) is 17.2 Å². The molecule has 1 N–H and O–H groups in total. The van der Waals surface area contributed by atoms with Crippen molar-refractivity contribution in [2.24, 2.45) is 7.05 Å². The molecular weight excluding hydrogens is 420 g/mol. The van der Waals surface area contributed by atoms with E-state index in [4.69, 9.17) is 0 Å². The van der Waals surface area contributed by atoms with E-state index >= 15 is 0 Å². The Morgan fingerprint density at radius 2 is 1.71 bits per heavy atom. The number of nitrogens with zero attached hydrogens (tertiary/aromatic N) is 2. The highest BCUT2D eigenvalue weighted by Gasteiger charge is 2.31. The van der Waals surface area contributed by atoms with Crippen molar-refractivity contribution in [2.45, 2.75) is 31.8 Å².